The summed E-state index contributed by atoms with van der Waals surface area (Å²) in [6.45, 7) is 0.258. The van der Waals surface area contributed by atoms with E-state index < -0.39 is 0 Å². The molecule has 0 bridgehead atoms. The van der Waals surface area contributed by atoms with Crippen LogP contribution in [0.1, 0.15) is 5.76 Å². The lowest BCUT2D eigenvalue weighted by atomic mass is 10.2. The van der Waals surface area contributed by atoms with Gasteiger partial charge in [0, 0.05) is 13.1 Å². The highest BCUT2D eigenvalue weighted by Crippen LogP contribution is 2.36. The Bertz CT molecular complexity index is 745. The van der Waals surface area contributed by atoms with E-state index in [0.717, 1.165) is 0 Å². The molecule has 1 aliphatic rings. The van der Waals surface area contributed by atoms with E-state index in [4.69, 9.17) is 20.8 Å². The van der Waals surface area contributed by atoms with E-state index >= 15 is 0 Å². The number of amides is 3. The van der Waals surface area contributed by atoms with Crippen LogP contribution < -0.4 is 15.4 Å². The standard InChI is InChI=1S/C15H14ClN3O4/c1-19(7-9-3-2-4-22-9)15(21)18-11-6-13-12(5-10(11)16)17-14(20)8-23-13/h2-6H,7-8H2,1H3,(H,17,20)(H,18,21). The van der Waals surface area contributed by atoms with Crippen molar-refractivity contribution in [3.63, 3.8) is 0 Å². The van der Waals surface area contributed by atoms with E-state index in [1.54, 1.807) is 31.5 Å². The molecule has 8 heteroatoms. The Morgan fingerprint density at radius 3 is 3.04 bits per heavy atom. The lowest BCUT2D eigenvalue weighted by molar-refractivity contribution is -0.118. The van der Waals surface area contributed by atoms with Crippen LogP contribution in [-0.4, -0.2) is 30.5 Å². The molecule has 0 saturated heterocycles. The zero-order valence-electron chi connectivity index (χ0n) is 12.3. The molecule has 2 heterocycles. The van der Waals surface area contributed by atoms with Crippen molar-refractivity contribution in [3.05, 3.63) is 41.3 Å². The summed E-state index contributed by atoms with van der Waals surface area (Å²) < 4.78 is 10.5. The van der Waals surface area contributed by atoms with Crippen LogP contribution in [0, 0.1) is 0 Å². The van der Waals surface area contributed by atoms with Crippen LogP contribution in [0.5, 0.6) is 5.75 Å². The van der Waals surface area contributed by atoms with Gasteiger partial charge in [-0.15, -0.1) is 0 Å². The Hall–Kier alpha value is -2.67. The second-order valence-electron chi connectivity index (χ2n) is 5.03. The number of nitrogens with zero attached hydrogens (tertiary/aromatic N) is 1. The van der Waals surface area contributed by atoms with Gasteiger partial charge in [-0.2, -0.15) is 0 Å². The van der Waals surface area contributed by atoms with Crippen molar-refractivity contribution >= 4 is 34.9 Å². The Morgan fingerprint density at radius 1 is 1.48 bits per heavy atom. The summed E-state index contributed by atoms with van der Waals surface area (Å²) >= 11 is 6.14. The van der Waals surface area contributed by atoms with Crippen LogP contribution >= 0.6 is 11.6 Å². The minimum Gasteiger partial charge on any atom is -0.482 e. The fraction of sp³-hybridized carbons (Fsp3) is 0.200. The highest BCUT2D eigenvalue weighted by atomic mass is 35.5. The predicted octanol–water partition coefficient (Wildman–Crippen LogP) is 2.93. The molecule has 3 amide bonds. The first-order valence-corrected chi connectivity index (χ1v) is 7.21. The average molecular weight is 336 g/mol. The number of halogens is 1. The molecular weight excluding hydrogens is 322 g/mol. The molecule has 120 valence electrons. The Kier molecular flexibility index (Phi) is 4.12. The first-order chi connectivity index (χ1) is 11.0. The lowest BCUT2D eigenvalue weighted by Gasteiger charge is -2.21. The number of anilines is 2. The number of hydrogen-bond acceptors (Lipinski definition) is 4. The van der Waals surface area contributed by atoms with Crippen LogP contribution in [0.2, 0.25) is 5.02 Å². The Balaban J connectivity index is 1.72. The fourth-order valence-electron chi connectivity index (χ4n) is 2.11. The van der Waals surface area contributed by atoms with Crippen molar-refractivity contribution in [1.29, 1.82) is 0 Å². The maximum atomic E-state index is 12.2. The zero-order valence-corrected chi connectivity index (χ0v) is 13.0. The number of benzene rings is 1. The summed E-state index contributed by atoms with van der Waals surface area (Å²) in [4.78, 5) is 24.9. The molecule has 1 aromatic carbocycles. The summed E-state index contributed by atoms with van der Waals surface area (Å²) in [6, 6.07) is 6.31. The van der Waals surface area contributed by atoms with Gasteiger partial charge in [0.25, 0.3) is 5.91 Å². The number of nitrogens with one attached hydrogen (secondary N) is 2. The van der Waals surface area contributed by atoms with Crippen LogP contribution in [-0.2, 0) is 11.3 Å². The van der Waals surface area contributed by atoms with E-state index in [1.807, 2.05) is 0 Å². The zero-order chi connectivity index (χ0) is 16.4. The average Bonchev–Trinajstić information content (AvgIpc) is 3.01. The number of hydrogen-bond donors (Lipinski definition) is 2. The van der Waals surface area contributed by atoms with Crippen LogP contribution in [0.3, 0.4) is 0 Å². The number of ether oxygens (including phenoxy) is 1. The molecule has 0 fully saturated rings. The normalized spacial score (nSPS) is 12.9. The van der Waals surface area contributed by atoms with Gasteiger partial charge < -0.3 is 24.7 Å². The monoisotopic (exact) mass is 335 g/mol. The fourth-order valence-corrected chi connectivity index (χ4v) is 2.33. The summed E-state index contributed by atoms with van der Waals surface area (Å²) in [6.07, 6.45) is 1.55. The SMILES string of the molecule is CN(Cc1ccco1)C(=O)Nc1cc2c(cc1Cl)NC(=O)CO2. The van der Waals surface area contributed by atoms with Crippen molar-refractivity contribution in [2.75, 3.05) is 24.3 Å². The van der Waals surface area contributed by atoms with Crippen molar-refractivity contribution in [3.8, 4) is 5.75 Å². The third-order valence-electron chi connectivity index (χ3n) is 3.26. The molecule has 2 N–H and O–H groups in total. The summed E-state index contributed by atoms with van der Waals surface area (Å²) in [7, 11) is 1.64. The third-order valence-corrected chi connectivity index (χ3v) is 3.58. The Labute approximate surface area is 137 Å². The minimum atomic E-state index is -0.344. The van der Waals surface area contributed by atoms with Crippen molar-refractivity contribution < 1.29 is 18.7 Å². The maximum Gasteiger partial charge on any atom is 0.322 e. The lowest BCUT2D eigenvalue weighted by Crippen LogP contribution is -2.31. The van der Waals surface area contributed by atoms with Crippen molar-refractivity contribution in [2.24, 2.45) is 0 Å². The minimum absolute atomic E-state index is 0.0690. The second kappa shape index (κ2) is 6.21. The van der Waals surface area contributed by atoms with E-state index in [-0.39, 0.29) is 18.5 Å². The van der Waals surface area contributed by atoms with Gasteiger partial charge in [-0.3, -0.25) is 4.79 Å². The van der Waals surface area contributed by atoms with E-state index in [9.17, 15) is 9.59 Å². The molecule has 0 aliphatic carbocycles. The van der Waals surface area contributed by atoms with Gasteiger partial charge in [-0.25, -0.2) is 4.79 Å². The van der Waals surface area contributed by atoms with Crippen molar-refractivity contribution in [1.82, 2.24) is 4.90 Å². The number of rotatable bonds is 3. The first-order valence-electron chi connectivity index (χ1n) is 6.83. The van der Waals surface area contributed by atoms with Crippen LogP contribution in [0.25, 0.3) is 0 Å². The van der Waals surface area contributed by atoms with Crippen LogP contribution in [0.4, 0.5) is 16.2 Å². The molecular formula is C15H14ClN3O4. The molecule has 0 radical (unpaired) electrons. The second-order valence-corrected chi connectivity index (χ2v) is 5.44. The number of fused-ring (bicyclic) bond motifs is 1. The summed E-state index contributed by atoms with van der Waals surface area (Å²) in [5.41, 5.74) is 0.881. The molecule has 3 rings (SSSR count). The number of furan rings is 1. The van der Waals surface area contributed by atoms with E-state index in [1.165, 1.54) is 11.0 Å². The van der Waals surface area contributed by atoms with Crippen LogP contribution in [0.15, 0.2) is 34.9 Å². The Morgan fingerprint density at radius 2 is 2.30 bits per heavy atom. The molecule has 0 saturated carbocycles. The molecule has 0 spiro atoms. The molecule has 1 aromatic heterocycles. The quantitative estimate of drug-likeness (QED) is 0.903. The number of urea groups is 1. The van der Waals surface area contributed by atoms with Gasteiger partial charge in [0.2, 0.25) is 0 Å². The largest absolute Gasteiger partial charge is 0.482 e. The molecule has 23 heavy (non-hydrogen) atoms. The summed E-state index contributed by atoms with van der Waals surface area (Å²) in [5.74, 6) is 0.881. The highest BCUT2D eigenvalue weighted by Gasteiger charge is 2.20. The van der Waals surface area contributed by atoms with Gasteiger partial charge in [0.15, 0.2) is 6.61 Å². The number of carbonyl (C=O) groups excluding carboxylic acids is 2. The van der Waals surface area contributed by atoms with E-state index in [2.05, 4.69) is 10.6 Å². The van der Waals surface area contributed by atoms with Gasteiger partial charge >= 0.3 is 6.03 Å². The summed E-state index contributed by atoms with van der Waals surface area (Å²) in [5, 5.41) is 5.65. The molecule has 7 nitrogen and oxygen atoms in total. The van der Waals surface area contributed by atoms with Gasteiger partial charge in [-0.1, -0.05) is 11.6 Å². The van der Waals surface area contributed by atoms with Gasteiger partial charge in [-0.05, 0) is 18.2 Å². The number of carbonyl (C=O) groups is 2. The highest BCUT2D eigenvalue weighted by molar-refractivity contribution is 6.34. The van der Waals surface area contributed by atoms with Crippen molar-refractivity contribution in [2.45, 2.75) is 6.54 Å². The van der Waals surface area contributed by atoms with Gasteiger partial charge in [0.1, 0.15) is 11.5 Å². The third kappa shape index (κ3) is 3.40. The van der Waals surface area contributed by atoms with E-state index in [0.29, 0.717) is 34.5 Å². The smallest absolute Gasteiger partial charge is 0.322 e. The topological polar surface area (TPSA) is 83.8 Å². The molecule has 2 aromatic rings. The predicted molar refractivity (Wildman–Crippen MR) is 84.8 cm³/mol. The van der Waals surface area contributed by atoms with Gasteiger partial charge in [0.05, 0.1) is 29.2 Å². The maximum absolute atomic E-state index is 12.2. The first kappa shape index (κ1) is 15.2. The molecule has 0 atom stereocenters. The molecule has 1 aliphatic heterocycles. The molecule has 0 unspecified atom stereocenters.